The molecule has 0 aliphatic rings. The zero-order chi connectivity index (χ0) is 18.6. The van der Waals surface area contributed by atoms with Crippen LogP contribution in [0.1, 0.15) is 30.9 Å². The molecule has 2 rings (SSSR count). The van der Waals surface area contributed by atoms with Gasteiger partial charge in [-0.05, 0) is 24.6 Å². The minimum absolute atomic E-state index is 0.0745. The summed E-state index contributed by atoms with van der Waals surface area (Å²) in [4.78, 5) is 23.6. The first kappa shape index (κ1) is 19.2. The van der Waals surface area contributed by atoms with Crippen molar-refractivity contribution in [2.24, 2.45) is 5.10 Å². The number of benzene rings is 2. The second-order valence-electron chi connectivity index (χ2n) is 5.53. The summed E-state index contributed by atoms with van der Waals surface area (Å²) in [6, 6.07) is 17.0. The summed E-state index contributed by atoms with van der Waals surface area (Å²) in [5.74, 6) is 0.216. The summed E-state index contributed by atoms with van der Waals surface area (Å²) in [6.07, 6.45) is 1.72. The highest BCUT2D eigenvalue weighted by atomic mass is 16.5. The Morgan fingerprint density at radius 2 is 1.69 bits per heavy atom. The van der Waals surface area contributed by atoms with Crippen LogP contribution >= 0.6 is 0 Å². The van der Waals surface area contributed by atoms with Crippen molar-refractivity contribution in [1.82, 2.24) is 10.7 Å². The Morgan fingerprint density at radius 1 is 1.00 bits per heavy atom. The lowest BCUT2D eigenvalue weighted by Gasteiger charge is -2.06. The lowest BCUT2D eigenvalue weighted by molar-refractivity contribution is -0.126. The molecule has 0 fully saturated rings. The second-order valence-corrected chi connectivity index (χ2v) is 5.53. The fraction of sp³-hybridized carbons (Fsp3) is 0.250. The molecule has 6 heteroatoms. The van der Waals surface area contributed by atoms with E-state index < -0.39 is 0 Å². The van der Waals surface area contributed by atoms with Gasteiger partial charge in [-0.25, -0.2) is 5.43 Å². The highest BCUT2D eigenvalue weighted by Crippen LogP contribution is 2.15. The average Bonchev–Trinajstić information content (AvgIpc) is 2.67. The van der Waals surface area contributed by atoms with E-state index in [2.05, 4.69) is 15.8 Å². The zero-order valence-corrected chi connectivity index (χ0v) is 14.8. The van der Waals surface area contributed by atoms with Gasteiger partial charge in [0.2, 0.25) is 11.8 Å². The highest BCUT2D eigenvalue weighted by molar-refractivity contribution is 5.86. The molecule has 26 heavy (non-hydrogen) atoms. The maximum Gasteiger partial charge on any atom is 0.240 e. The van der Waals surface area contributed by atoms with E-state index in [4.69, 9.17) is 4.74 Å². The lowest BCUT2D eigenvalue weighted by atomic mass is 10.2. The van der Waals surface area contributed by atoms with Crippen LogP contribution in [-0.4, -0.2) is 24.6 Å². The van der Waals surface area contributed by atoms with Crippen molar-refractivity contribution >= 4 is 18.0 Å². The van der Waals surface area contributed by atoms with Crippen LogP contribution in [0.3, 0.4) is 0 Å². The number of nitrogens with one attached hydrogen (secondary N) is 2. The van der Waals surface area contributed by atoms with Gasteiger partial charge in [0.15, 0.2) is 0 Å². The first-order valence-corrected chi connectivity index (χ1v) is 8.53. The van der Waals surface area contributed by atoms with Crippen molar-refractivity contribution < 1.29 is 14.3 Å². The molecular weight excluding hydrogens is 330 g/mol. The summed E-state index contributed by atoms with van der Waals surface area (Å²) in [6.45, 7) is 2.90. The number of hydrazone groups is 1. The Balaban J connectivity index is 1.71. The number of ether oxygens (including phenoxy) is 1. The van der Waals surface area contributed by atoms with Gasteiger partial charge in [-0.2, -0.15) is 5.10 Å². The first-order chi connectivity index (χ1) is 12.7. The first-order valence-electron chi connectivity index (χ1n) is 8.53. The monoisotopic (exact) mass is 353 g/mol. The van der Waals surface area contributed by atoms with Gasteiger partial charge in [-0.3, -0.25) is 9.59 Å². The van der Waals surface area contributed by atoms with Crippen molar-refractivity contribution in [2.45, 2.75) is 26.3 Å². The second kappa shape index (κ2) is 10.7. The number of para-hydroxylation sites is 1. The fourth-order valence-electron chi connectivity index (χ4n) is 2.22. The molecule has 0 atom stereocenters. The van der Waals surface area contributed by atoms with Crippen LogP contribution in [0.2, 0.25) is 0 Å². The molecule has 0 aromatic heterocycles. The van der Waals surface area contributed by atoms with Gasteiger partial charge < -0.3 is 10.1 Å². The molecule has 0 heterocycles. The van der Waals surface area contributed by atoms with Gasteiger partial charge >= 0.3 is 0 Å². The molecule has 0 aliphatic heterocycles. The number of carbonyl (C=O) groups excluding carboxylic acids is 2. The van der Waals surface area contributed by atoms with Crippen molar-refractivity contribution in [3.05, 3.63) is 65.7 Å². The average molecular weight is 353 g/mol. The Kier molecular flexibility index (Phi) is 7.86. The molecule has 0 saturated carbocycles. The summed E-state index contributed by atoms with van der Waals surface area (Å²) in [5.41, 5.74) is 4.21. The Bertz CT molecular complexity index is 745. The predicted octanol–water partition coefficient (Wildman–Crippen LogP) is 2.63. The molecule has 2 amide bonds. The van der Waals surface area contributed by atoms with Crippen LogP contribution in [0.5, 0.6) is 5.75 Å². The van der Waals surface area contributed by atoms with Crippen LogP contribution in [0, 0.1) is 0 Å². The molecule has 0 radical (unpaired) electrons. The zero-order valence-electron chi connectivity index (χ0n) is 14.8. The van der Waals surface area contributed by atoms with E-state index in [0.717, 1.165) is 11.1 Å². The van der Waals surface area contributed by atoms with E-state index in [1.807, 2.05) is 61.5 Å². The summed E-state index contributed by atoms with van der Waals surface area (Å²) in [5, 5.41) is 6.70. The van der Waals surface area contributed by atoms with Crippen LogP contribution in [0.4, 0.5) is 0 Å². The van der Waals surface area contributed by atoms with Gasteiger partial charge in [0.1, 0.15) is 5.75 Å². The maximum atomic E-state index is 11.8. The Labute approximate surface area is 153 Å². The van der Waals surface area contributed by atoms with E-state index in [1.54, 1.807) is 0 Å². The van der Waals surface area contributed by atoms with Crippen molar-refractivity contribution in [1.29, 1.82) is 0 Å². The van der Waals surface area contributed by atoms with Crippen molar-refractivity contribution in [3.63, 3.8) is 0 Å². The molecule has 0 unspecified atom stereocenters. The quantitative estimate of drug-likeness (QED) is 0.537. The van der Waals surface area contributed by atoms with Crippen LogP contribution in [0.25, 0.3) is 0 Å². The van der Waals surface area contributed by atoms with E-state index in [9.17, 15) is 9.59 Å². The number of carbonyl (C=O) groups is 2. The molecule has 0 spiro atoms. The standard InChI is InChI=1S/C20H23N3O3/c1-2-26-18-11-7-6-10-17(18)15-22-23-20(25)13-12-19(24)21-14-16-8-4-3-5-9-16/h3-11,15H,2,12-14H2,1H3,(H,21,24)(H,23,25)/b22-15+. The third-order valence-corrected chi connectivity index (χ3v) is 3.52. The van der Waals surface area contributed by atoms with E-state index >= 15 is 0 Å². The number of hydrogen-bond acceptors (Lipinski definition) is 4. The largest absolute Gasteiger partial charge is 0.493 e. The lowest BCUT2D eigenvalue weighted by Crippen LogP contribution is -2.25. The Morgan fingerprint density at radius 3 is 2.46 bits per heavy atom. The third-order valence-electron chi connectivity index (χ3n) is 3.52. The normalized spacial score (nSPS) is 10.5. The Hall–Kier alpha value is -3.15. The summed E-state index contributed by atoms with van der Waals surface area (Å²) < 4.78 is 5.48. The molecule has 2 N–H and O–H groups in total. The van der Waals surface area contributed by atoms with Gasteiger partial charge in [0.25, 0.3) is 0 Å². The SMILES string of the molecule is CCOc1ccccc1/C=N/NC(=O)CCC(=O)NCc1ccccc1. The minimum Gasteiger partial charge on any atom is -0.493 e. The fourth-order valence-corrected chi connectivity index (χ4v) is 2.22. The molecule has 6 nitrogen and oxygen atoms in total. The number of rotatable bonds is 9. The van der Waals surface area contributed by atoms with Gasteiger partial charge in [0.05, 0.1) is 12.8 Å². The van der Waals surface area contributed by atoms with Crippen molar-refractivity contribution in [2.75, 3.05) is 6.61 Å². The van der Waals surface area contributed by atoms with E-state index in [-0.39, 0.29) is 24.7 Å². The van der Waals surface area contributed by atoms with Gasteiger partial charge in [0, 0.05) is 24.9 Å². The third kappa shape index (κ3) is 6.76. The van der Waals surface area contributed by atoms with E-state index in [1.165, 1.54) is 6.21 Å². The van der Waals surface area contributed by atoms with E-state index in [0.29, 0.717) is 18.9 Å². The summed E-state index contributed by atoms with van der Waals surface area (Å²) >= 11 is 0. The highest BCUT2D eigenvalue weighted by Gasteiger charge is 2.06. The van der Waals surface area contributed by atoms with Gasteiger partial charge in [-0.1, -0.05) is 42.5 Å². The maximum absolute atomic E-state index is 11.8. The molecule has 2 aromatic carbocycles. The van der Waals surface area contributed by atoms with Gasteiger partial charge in [-0.15, -0.1) is 0 Å². The van der Waals surface area contributed by atoms with Crippen LogP contribution in [-0.2, 0) is 16.1 Å². The number of nitrogens with zero attached hydrogens (tertiary/aromatic N) is 1. The predicted molar refractivity (Wildman–Crippen MR) is 101 cm³/mol. The molecule has 136 valence electrons. The topological polar surface area (TPSA) is 79.8 Å². The van der Waals surface area contributed by atoms with Crippen LogP contribution < -0.4 is 15.5 Å². The number of hydrogen-bond donors (Lipinski definition) is 2. The summed E-state index contributed by atoms with van der Waals surface area (Å²) in [7, 11) is 0. The smallest absolute Gasteiger partial charge is 0.240 e. The number of amides is 2. The minimum atomic E-state index is -0.315. The molecule has 0 bridgehead atoms. The van der Waals surface area contributed by atoms with Crippen molar-refractivity contribution in [3.8, 4) is 5.75 Å². The molecule has 0 aliphatic carbocycles. The molecular formula is C20H23N3O3. The van der Waals surface area contributed by atoms with Crippen LogP contribution in [0.15, 0.2) is 59.7 Å². The molecule has 0 saturated heterocycles. The molecule has 2 aromatic rings.